The van der Waals surface area contributed by atoms with E-state index >= 15 is 0 Å². The Morgan fingerprint density at radius 1 is 0.971 bits per heavy atom. The Morgan fingerprint density at radius 3 is 2.14 bits per heavy atom. The quantitative estimate of drug-likeness (QED) is 0.433. The number of hydrogen-bond donors (Lipinski definition) is 3. The molecule has 9 heteroatoms. The first-order valence-electron chi connectivity index (χ1n) is 11.4. The van der Waals surface area contributed by atoms with Gasteiger partial charge < -0.3 is 20.5 Å². The minimum Gasteiger partial charge on any atom is -0.481 e. The van der Waals surface area contributed by atoms with Gasteiger partial charge in [0, 0.05) is 24.9 Å². The van der Waals surface area contributed by atoms with Gasteiger partial charge in [-0.25, -0.2) is 14.8 Å². The zero-order chi connectivity index (χ0) is 24.8. The van der Waals surface area contributed by atoms with Crippen LogP contribution in [0.25, 0.3) is 11.1 Å². The summed E-state index contributed by atoms with van der Waals surface area (Å²) >= 11 is 0. The molecule has 35 heavy (non-hydrogen) atoms. The number of nitrogens with one attached hydrogen (secondary N) is 2. The largest absolute Gasteiger partial charge is 0.481 e. The molecule has 4 rings (SSSR count). The molecule has 0 saturated carbocycles. The number of rotatable bonds is 9. The van der Waals surface area contributed by atoms with Crippen molar-refractivity contribution in [1.29, 1.82) is 0 Å². The van der Waals surface area contributed by atoms with E-state index in [2.05, 4.69) is 44.9 Å². The first kappa shape index (κ1) is 23.9. The van der Waals surface area contributed by atoms with Crippen molar-refractivity contribution in [3.63, 3.8) is 0 Å². The summed E-state index contributed by atoms with van der Waals surface area (Å²) in [5.41, 5.74) is 4.78. The number of amides is 2. The van der Waals surface area contributed by atoms with Crippen molar-refractivity contribution in [2.75, 3.05) is 13.2 Å². The molecule has 3 N–H and O–H groups in total. The monoisotopic (exact) mass is 474 g/mol. The molecule has 1 aliphatic carbocycles. The molecular formula is C26H26N4O5. The molecule has 0 radical (unpaired) electrons. The maximum Gasteiger partial charge on any atom is 0.407 e. The van der Waals surface area contributed by atoms with Crippen molar-refractivity contribution in [2.24, 2.45) is 5.92 Å². The second-order valence-electron chi connectivity index (χ2n) is 8.22. The van der Waals surface area contributed by atoms with Crippen LogP contribution in [0.15, 0.2) is 60.9 Å². The molecule has 0 aliphatic heterocycles. The summed E-state index contributed by atoms with van der Waals surface area (Å²) in [6.07, 6.45) is 2.49. The van der Waals surface area contributed by atoms with Crippen LogP contribution in [-0.2, 0) is 16.1 Å². The number of fused-ring (bicyclic) bond motifs is 3. The van der Waals surface area contributed by atoms with E-state index in [1.807, 2.05) is 24.3 Å². The summed E-state index contributed by atoms with van der Waals surface area (Å²) < 4.78 is 5.49. The maximum absolute atomic E-state index is 12.3. The van der Waals surface area contributed by atoms with Crippen LogP contribution in [0.1, 0.15) is 46.6 Å². The van der Waals surface area contributed by atoms with E-state index in [-0.39, 0.29) is 31.2 Å². The molecule has 1 heterocycles. The molecule has 0 fully saturated rings. The molecule has 1 aliphatic rings. The number of carbonyl (C=O) groups is 3. The second-order valence-corrected chi connectivity index (χ2v) is 8.22. The molecule has 1 aromatic heterocycles. The fourth-order valence-electron chi connectivity index (χ4n) is 4.09. The van der Waals surface area contributed by atoms with Crippen LogP contribution < -0.4 is 10.6 Å². The Bertz CT molecular complexity index is 1180. The third kappa shape index (κ3) is 5.46. The fraction of sp³-hybridized carbons (Fsp3) is 0.269. The Balaban J connectivity index is 1.27. The van der Waals surface area contributed by atoms with E-state index in [1.165, 1.54) is 12.4 Å². The normalized spacial score (nSPS) is 12.8. The van der Waals surface area contributed by atoms with Crippen LogP contribution in [-0.4, -0.2) is 46.2 Å². The highest BCUT2D eigenvalue weighted by atomic mass is 16.5. The number of carboxylic acid groups (broad SMARTS) is 1. The van der Waals surface area contributed by atoms with Crippen LogP contribution in [0.3, 0.4) is 0 Å². The Kier molecular flexibility index (Phi) is 7.35. The number of carboxylic acids is 1. The van der Waals surface area contributed by atoms with Gasteiger partial charge >= 0.3 is 12.1 Å². The number of ether oxygens (including phenoxy) is 1. The minimum absolute atomic E-state index is 0.0236. The third-order valence-corrected chi connectivity index (χ3v) is 6.05. The first-order valence-corrected chi connectivity index (χ1v) is 11.4. The van der Waals surface area contributed by atoms with E-state index in [9.17, 15) is 14.4 Å². The molecule has 9 nitrogen and oxygen atoms in total. The van der Waals surface area contributed by atoms with Gasteiger partial charge in [0.15, 0.2) is 0 Å². The van der Waals surface area contributed by atoms with Crippen molar-refractivity contribution in [3.8, 4) is 11.1 Å². The molecule has 2 amide bonds. The smallest absolute Gasteiger partial charge is 0.407 e. The Morgan fingerprint density at radius 2 is 1.57 bits per heavy atom. The van der Waals surface area contributed by atoms with E-state index in [4.69, 9.17) is 9.84 Å². The first-order chi connectivity index (χ1) is 17.0. The number of nitrogens with zero attached hydrogens (tertiary/aromatic N) is 2. The standard InChI is InChI=1S/C26H26N4O5/c1-2-16(25(32)33)11-29-24(31)17-12-27-23(28-13-17)14-30-26(34)35-15-22-20-9-5-3-7-18(20)19-8-4-6-10-21(19)22/h3-10,12-13,16,22H,2,11,14-15H2,1H3,(H,29,31)(H,30,34)(H,32,33). The highest BCUT2D eigenvalue weighted by Gasteiger charge is 2.29. The topological polar surface area (TPSA) is 131 Å². The van der Waals surface area contributed by atoms with Gasteiger partial charge in [-0.15, -0.1) is 0 Å². The van der Waals surface area contributed by atoms with Crippen LogP contribution >= 0.6 is 0 Å². The predicted molar refractivity (Wildman–Crippen MR) is 128 cm³/mol. The van der Waals surface area contributed by atoms with E-state index in [1.54, 1.807) is 6.92 Å². The summed E-state index contributed by atoms with van der Waals surface area (Å²) in [5.74, 6) is -1.79. The van der Waals surface area contributed by atoms with E-state index in [0.717, 1.165) is 22.3 Å². The molecule has 3 aromatic rings. The Hall–Kier alpha value is -4.27. The van der Waals surface area contributed by atoms with Crippen LogP contribution in [0.5, 0.6) is 0 Å². The summed E-state index contributed by atoms with van der Waals surface area (Å²) in [5, 5.41) is 14.3. The lowest BCUT2D eigenvalue weighted by Crippen LogP contribution is -2.33. The summed E-state index contributed by atoms with van der Waals surface area (Å²) in [7, 11) is 0. The lowest BCUT2D eigenvalue weighted by molar-refractivity contribution is -0.141. The van der Waals surface area contributed by atoms with Crippen LogP contribution in [0.4, 0.5) is 4.79 Å². The molecule has 0 spiro atoms. The van der Waals surface area contributed by atoms with E-state index in [0.29, 0.717) is 12.2 Å². The summed E-state index contributed by atoms with van der Waals surface area (Å²) in [6.45, 7) is 2.01. The van der Waals surface area contributed by atoms with Gasteiger partial charge in [0.1, 0.15) is 12.4 Å². The zero-order valence-electron chi connectivity index (χ0n) is 19.2. The summed E-state index contributed by atoms with van der Waals surface area (Å²) in [4.78, 5) is 43.7. The molecule has 0 saturated heterocycles. The van der Waals surface area contributed by atoms with Crippen molar-refractivity contribution in [3.05, 3.63) is 83.4 Å². The SMILES string of the molecule is CCC(CNC(=O)c1cnc(CNC(=O)OCC2c3ccccc3-c3ccccc32)nc1)C(=O)O. The van der Waals surface area contributed by atoms with Gasteiger partial charge in [0.2, 0.25) is 0 Å². The number of alkyl carbamates (subject to hydrolysis) is 1. The highest BCUT2D eigenvalue weighted by Crippen LogP contribution is 2.44. The van der Waals surface area contributed by atoms with Crippen molar-refractivity contribution in [2.45, 2.75) is 25.8 Å². The summed E-state index contributed by atoms with van der Waals surface area (Å²) in [6, 6.07) is 16.2. The second kappa shape index (κ2) is 10.8. The average Bonchev–Trinajstić information content (AvgIpc) is 3.20. The number of hydrogen-bond acceptors (Lipinski definition) is 6. The molecule has 2 aromatic carbocycles. The van der Waals surface area contributed by atoms with Crippen LogP contribution in [0, 0.1) is 5.92 Å². The van der Waals surface area contributed by atoms with Gasteiger partial charge in [-0.3, -0.25) is 9.59 Å². The van der Waals surface area contributed by atoms with Gasteiger partial charge in [-0.1, -0.05) is 55.5 Å². The molecule has 0 bridgehead atoms. The third-order valence-electron chi connectivity index (χ3n) is 6.05. The number of aromatic nitrogens is 2. The lowest BCUT2D eigenvalue weighted by atomic mass is 9.98. The number of benzene rings is 2. The lowest BCUT2D eigenvalue weighted by Gasteiger charge is -2.14. The molecule has 180 valence electrons. The maximum atomic E-state index is 12.3. The number of carbonyl (C=O) groups excluding carboxylic acids is 2. The highest BCUT2D eigenvalue weighted by molar-refractivity contribution is 5.93. The van der Waals surface area contributed by atoms with E-state index < -0.39 is 23.9 Å². The van der Waals surface area contributed by atoms with Gasteiger partial charge in [-0.05, 0) is 28.7 Å². The van der Waals surface area contributed by atoms with Gasteiger partial charge in [0.05, 0.1) is 18.0 Å². The molecule has 1 atom stereocenters. The van der Waals surface area contributed by atoms with Crippen molar-refractivity contribution in [1.82, 2.24) is 20.6 Å². The van der Waals surface area contributed by atoms with Crippen molar-refractivity contribution >= 4 is 18.0 Å². The van der Waals surface area contributed by atoms with Crippen molar-refractivity contribution < 1.29 is 24.2 Å². The zero-order valence-corrected chi connectivity index (χ0v) is 19.2. The number of aliphatic carboxylic acids is 1. The Labute approximate surface area is 202 Å². The average molecular weight is 475 g/mol. The fourth-order valence-corrected chi connectivity index (χ4v) is 4.09. The van der Waals surface area contributed by atoms with Crippen LogP contribution in [0.2, 0.25) is 0 Å². The minimum atomic E-state index is -0.960. The van der Waals surface area contributed by atoms with Gasteiger partial charge in [0.25, 0.3) is 5.91 Å². The van der Waals surface area contributed by atoms with Gasteiger partial charge in [-0.2, -0.15) is 0 Å². The molecular weight excluding hydrogens is 448 g/mol. The predicted octanol–water partition coefficient (Wildman–Crippen LogP) is 3.36. The molecule has 1 unspecified atom stereocenters.